The van der Waals surface area contributed by atoms with Crippen LogP contribution < -0.4 is 15.2 Å². The average molecular weight is 468 g/mol. The predicted molar refractivity (Wildman–Crippen MR) is 118 cm³/mol. The van der Waals surface area contributed by atoms with Gasteiger partial charge in [-0.2, -0.15) is 0 Å². The number of carbonyl (C=O) groups excluding carboxylic acids is 4. The van der Waals surface area contributed by atoms with Crippen molar-refractivity contribution in [2.45, 2.75) is 65.5 Å². The molecule has 0 aliphatic carbocycles. The number of nitrogens with two attached hydrogens (primary N) is 1. The molecular formula is C23H33NO9. The zero-order valence-electron chi connectivity index (χ0n) is 20.0. The summed E-state index contributed by atoms with van der Waals surface area (Å²) in [4.78, 5) is 47.2. The summed E-state index contributed by atoms with van der Waals surface area (Å²) in [6, 6.07) is 4.44. The molecule has 0 aromatic heterocycles. The summed E-state index contributed by atoms with van der Waals surface area (Å²) >= 11 is 0. The highest BCUT2D eigenvalue weighted by Gasteiger charge is 2.38. The molecule has 2 N–H and O–H groups in total. The van der Waals surface area contributed by atoms with Crippen LogP contribution in [0.4, 0.5) is 4.79 Å². The van der Waals surface area contributed by atoms with Crippen molar-refractivity contribution in [1.29, 1.82) is 0 Å². The van der Waals surface area contributed by atoms with Crippen molar-refractivity contribution in [1.82, 2.24) is 0 Å². The molecular weight excluding hydrogens is 434 g/mol. The van der Waals surface area contributed by atoms with Crippen LogP contribution >= 0.6 is 0 Å². The molecule has 2 unspecified atom stereocenters. The molecule has 1 aromatic carbocycles. The molecule has 0 heterocycles. The van der Waals surface area contributed by atoms with Crippen LogP contribution in [0.1, 0.15) is 53.0 Å². The minimum absolute atomic E-state index is 0.000311. The van der Waals surface area contributed by atoms with E-state index in [4.69, 9.17) is 29.4 Å². The molecule has 10 heteroatoms. The summed E-state index contributed by atoms with van der Waals surface area (Å²) in [6.07, 6.45) is -0.857. The SMILES string of the molecule is CCC(C)COC(=O)O[C@@H](C)CC(N)(Cc1ccc(OC(C)=O)c(OC(C)=O)c1)C(=O)OC. The molecule has 0 fully saturated rings. The van der Waals surface area contributed by atoms with E-state index in [2.05, 4.69) is 0 Å². The standard InChI is InChI=1S/C23H33NO9/c1-7-14(2)13-30-22(28)31-15(3)11-23(24,21(27)29-6)12-18-8-9-19(32-16(4)25)20(10-18)33-17(5)26/h8-10,14-15H,7,11-13,24H2,1-6H3/t14?,15-,23?/m0/s1. The van der Waals surface area contributed by atoms with Gasteiger partial charge < -0.3 is 29.4 Å². The molecule has 0 amide bonds. The van der Waals surface area contributed by atoms with E-state index >= 15 is 0 Å². The second-order valence-electron chi connectivity index (χ2n) is 8.00. The van der Waals surface area contributed by atoms with E-state index in [9.17, 15) is 19.2 Å². The van der Waals surface area contributed by atoms with Crippen LogP contribution in [-0.2, 0) is 35.0 Å². The van der Waals surface area contributed by atoms with E-state index in [0.717, 1.165) is 6.42 Å². The Bertz CT molecular complexity index is 854. The van der Waals surface area contributed by atoms with Crippen LogP contribution in [0, 0.1) is 5.92 Å². The van der Waals surface area contributed by atoms with Crippen molar-refractivity contribution in [2.75, 3.05) is 13.7 Å². The molecule has 0 radical (unpaired) electrons. The van der Waals surface area contributed by atoms with Crippen LogP contribution in [0.2, 0.25) is 0 Å². The number of esters is 3. The third kappa shape index (κ3) is 9.48. The number of rotatable bonds is 11. The molecule has 3 atom stereocenters. The minimum atomic E-state index is -1.57. The summed E-state index contributed by atoms with van der Waals surface area (Å²) in [6.45, 7) is 8.14. The molecule has 0 saturated carbocycles. The van der Waals surface area contributed by atoms with Crippen LogP contribution in [0.25, 0.3) is 0 Å². The summed E-state index contributed by atoms with van der Waals surface area (Å²) in [7, 11) is 1.20. The summed E-state index contributed by atoms with van der Waals surface area (Å²) < 4.78 is 25.3. The Labute approximate surface area is 193 Å². The largest absolute Gasteiger partial charge is 0.508 e. The molecule has 0 spiro atoms. The van der Waals surface area contributed by atoms with Crippen LogP contribution in [0.3, 0.4) is 0 Å². The summed E-state index contributed by atoms with van der Waals surface area (Å²) in [5, 5.41) is 0. The predicted octanol–water partition coefficient (Wildman–Crippen LogP) is 2.93. The maximum atomic E-state index is 12.5. The summed E-state index contributed by atoms with van der Waals surface area (Å²) in [5.41, 5.74) is 5.31. The molecule has 1 aromatic rings. The van der Waals surface area contributed by atoms with Gasteiger partial charge in [0.15, 0.2) is 11.5 Å². The van der Waals surface area contributed by atoms with Crippen molar-refractivity contribution in [2.24, 2.45) is 11.7 Å². The minimum Gasteiger partial charge on any atom is -0.468 e. The Kier molecular flexibility index (Phi) is 10.8. The zero-order chi connectivity index (χ0) is 25.2. The summed E-state index contributed by atoms with van der Waals surface area (Å²) in [5.74, 6) is -1.69. The van der Waals surface area contributed by atoms with Gasteiger partial charge in [0.25, 0.3) is 0 Å². The molecule has 0 aliphatic rings. The number of methoxy groups -OCH3 is 1. The van der Waals surface area contributed by atoms with Gasteiger partial charge in [0, 0.05) is 26.7 Å². The Morgan fingerprint density at radius 3 is 2.18 bits per heavy atom. The monoisotopic (exact) mass is 467 g/mol. The fraction of sp³-hybridized carbons (Fsp3) is 0.565. The fourth-order valence-electron chi connectivity index (χ4n) is 3.01. The van der Waals surface area contributed by atoms with Crippen molar-refractivity contribution >= 4 is 24.1 Å². The van der Waals surface area contributed by atoms with E-state index in [1.54, 1.807) is 13.0 Å². The molecule has 0 bridgehead atoms. The van der Waals surface area contributed by atoms with Crippen molar-refractivity contribution < 1.29 is 42.9 Å². The lowest BCUT2D eigenvalue weighted by Gasteiger charge is -2.29. The van der Waals surface area contributed by atoms with Gasteiger partial charge in [-0.1, -0.05) is 26.3 Å². The first-order valence-electron chi connectivity index (χ1n) is 10.6. The topological polar surface area (TPSA) is 140 Å². The second kappa shape index (κ2) is 12.8. The van der Waals surface area contributed by atoms with E-state index < -0.39 is 35.7 Å². The van der Waals surface area contributed by atoms with Crippen molar-refractivity contribution in [3.63, 3.8) is 0 Å². The normalized spacial score (nSPS) is 14.3. The maximum absolute atomic E-state index is 12.5. The van der Waals surface area contributed by atoms with E-state index in [1.165, 1.54) is 33.1 Å². The third-order valence-electron chi connectivity index (χ3n) is 4.76. The van der Waals surface area contributed by atoms with E-state index in [1.807, 2.05) is 13.8 Å². The van der Waals surface area contributed by atoms with Gasteiger partial charge in [-0.3, -0.25) is 14.4 Å². The lowest BCUT2D eigenvalue weighted by Crippen LogP contribution is -2.53. The number of ether oxygens (including phenoxy) is 5. The van der Waals surface area contributed by atoms with Gasteiger partial charge in [0.1, 0.15) is 11.6 Å². The number of hydrogen-bond acceptors (Lipinski definition) is 10. The van der Waals surface area contributed by atoms with E-state index in [-0.39, 0.29) is 36.9 Å². The first-order chi connectivity index (χ1) is 15.4. The van der Waals surface area contributed by atoms with Crippen molar-refractivity contribution in [3.8, 4) is 11.5 Å². The number of carbonyl (C=O) groups is 4. The lowest BCUT2D eigenvalue weighted by atomic mass is 9.86. The Morgan fingerprint density at radius 1 is 1.03 bits per heavy atom. The fourth-order valence-corrected chi connectivity index (χ4v) is 3.01. The highest BCUT2D eigenvalue weighted by Crippen LogP contribution is 2.31. The van der Waals surface area contributed by atoms with Crippen molar-refractivity contribution in [3.05, 3.63) is 23.8 Å². The lowest BCUT2D eigenvalue weighted by molar-refractivity contribution is -0.148. The van der Waals surface area contributed by atoms with Gasteiger partial charge in [-0.25, -0.2) is 4.79 Å². The second-order valence-corrected chi connectivity index (χ2v) is 8.00. The Hall–Kier alpha value is -3.14. The first-order valence-corrected chi connectivity index (χ1v) is 10.6. The molecule has 1 rings (SSSR count). The first kappa shape index (κ1) is 27.9. The third-order valence-corrected chi connectivity index (χ3v) is 4.76. The van der Waals surface area contributed by atoms with Gasteiger partial charge in [0.2, 0.25) is 0 Å². The van der Waals surface area contributed by atoms with E-state index in [0.29, 0.717) is 5.56 Å². The molecule has 184 valence electrons. The van der Waals surface area contributed by atoms with Gasteiger partial charge in [0.05, 0.1) is 13.7 Å². The average Bonchev–Trinajstić information content (AvgIpc) is 2.72. The van der Waals surface area contributed by atoms with Gasteiger partial charge in [-0.15, -0.1) is 0 Å². The Balaban J connectivity index is 3.03. The van der Waals surface area contributed by atoms with Crippen LogP contribution in [-0.4, -0.2) is 49.4 Å². The highest BCUT2D eigenvalue weighted by molar-refractivity contribution is 5.81. The van der Waals surface area contributed by atoms with Gasteiger partial charge >= 0.3 is 24.1 Å². The smallest absolute Gasteiger partial charge is 0.468 e. The number of hydrogen-bond donors (Lipinski definition) is 1. The maximum Gasteiger partial charge on any atom is 0.508 e. The quantitative estimate of drug-likeness (QED) is 0.381. The highest BCUT2D eigenvalue weighted by atomic mass is 16.7. The number of benzene rings is 1. The molecule has 0 aliphatic heterocycles. The molecule has 33 heavy (non-hydrogen) atoms. The molecule has 0 saturated heterocycles. The van der Waals surface area contributed by atoms with Crippen LogP contribution in [0.15, 0.2) is 18.2 Å². The Morgan fingerprint density at radius 2 is 1.64 bits per heavy atom. The molecule has 10 nitrogen and oxygen atoms in total. The van der Waals surface area contributed by atoms with Gasteiger partial charge in [-0.05, 0) is 30.5 Å². The van der Waals surface area contributed by atoms with Crippen LogP contribution in [0.5, 0.6) is 11.5 Å². The zero-order valence-corrected chi connectivity index (χ0v) is 20.0.